The molecule has 1 aromatic carbocycles. The molecule has 0 aromatic heterocycles. The maximum absolute atomic E-state index is 12.0. The Kier molecular flexibility index (Phi) is 7.72. The highest BCUT2D eigenvalue weighted by Crippen LogP contribution is 2.27. The van der Waals surface area contributed by atoms with E-state index in [-0.39, 0.29) is 5.91 Å². The summed E-state index contributed by atoms with van der Waals surface area (Å²) in [5.41, 5.74) is 1.09. The molecule has 3 N–H and O–H groups in total. The highest BCUT2D eigenvalue weighted by molar-refractivity contribution is 5.94. The van der Waals surface area contributed by atoms with Crippen LogP contribution in [-0.4, -0.2) is 58.3 Å². The van der Waals surface area contributed by atoms with E-state index in [2.05, 4.69) is 35.4 Å². The Labute approximate surface area is 155 Å². The number of amides is 3. The lowest BCUT2D eigenvalue weighted by molar-refractivity contribution is -0.892. The second kappa shape index (κ2) is 10.0. The number of hydrogen-bond acceptors (Lipinski definition) is 4. The quantitative estimate of drug-likeness (QED) is 0.650. The lowest BCUT2D eigenvalue weighted by atomic mass is 10.1. The van der Waals surface area contributed by atoms with Gasteiger partial charge in [0, 0.05) is 6.54 Å². The van der Waals surface area contributed by atoms with Crippen LogP contribution < -0.4 is 25.2 Å². The van der Waals surface area contributed by atoms with Crippen molar-refractivity contribution in [3.05, 3.63) is 24.3 Å². The van der Waals surface area contributed by atoms with Crippen LogP contribution in [0.25, 0.3) is 0 Å². The van der Waals surface area contributed by atoms with Crippen LogP contribution in [0, 0.1) is 5.92 Å². The molecule has 3 amide bonds. The van der Waals surface area contributed by atoms with Gasteiger partial charge >= 0.3 is 6.03 Å². The molecule has 26 heavy (non-hydrogen) atoms. The van der Waals surface area contributed by atoms with Gasteiger partial charge in [0.15, 0.2) is 6.54 Å². The summed E-state index contributed by atoms with van der Waals surface area (Å²) in [6.07, 6.45) is 0.901. The number of imide groups is 1. The highest BCUT2D eigenvalue weighted by atomic mass is 16.5. The number of nitrogens with one attached hydrogen (secondary N) is 3. The molecule has 1 heterocycles. The van der Waals surface area contributed by atoms with E-state index in [4.69, 9.17) is 4.74 Å². The van der Waals surface area contributed by atoms with Crippen molar-refractivity contribution < 1.29 is 19.2 Å². The fourth-order valence-electron chi connectivity index (χ4n) is 3.05. The molecular weight excluding hydrogens is 332 g/mol. The molecular formula is C19H31N4O3+. The molecule has 144 valence electrons. The Morgan fingerprint density at radius 2 is 1.92 bits per heavy atom. The summed E-state index contributed by atoms with van der Waals surface area (Å²) in [5, 5.41) is 5.14. The van der Waals surface area contributed by atoms with Gasteiger partial charge in [0.1, 0.15) is 5.75 Å². The van der Waals surface area contributed by atoms with Crippen LogP contribution in [0.5, 0.6) is 5.75 Å². The summed E-state index contributed by atoms with van der Waals surface area (Å²) in [6.45, 7) is 8.49. The van der Waals surface area contributed by atoms with E-state index in [0.29, 0.717) is 19.0 Å². The molecule has 2 rings (SSSR count). The highest BCUT2D eigenvalue weighted by Gasteiger charge is 2.24. The fourth-order valence-corrected chi connectivity index (χ4v) is 3.05. The van der Waals surface area contributed by atoms with Crippen molar-refractivity contribution in [3.8, 4) is 5.75 Å². The maximum atomic E-state index is 12.0. The van der Waals surface area contributed by atoms with Gasteiger partial charge in [-0.25, -0.2) is 4.79 Å². The zero-order valence-corrected chi connectivity index (χ0v) is 16.0. The molecule has 0 aliphatic carbocycles. The van der Waals surface area contributed by atoms with E-state index < -0.39 is 6.03 Å². The van der Waals surface area contributed by atoms with Crippen LogP contribution in [0.1, 0.15) is 20.3 Å². The number of ether oxygens (including phenoxy) is 1. The minimum absolute atomic E-state index is 0.229. The number of carbonyl (C=O) groups excluding carboxylic acids is 2. The summed E-state index contributed by atoms with van der Waals surface area (Å²) < 4.78 is 5.42. The van der Waals surface area contributed by atoms with Crippen molar-refractivity contribution in [2.24, 2.45) is 5.92 Å². The lowest BCUT2D eigenvalue weighted by Gasteiger charge is -2.33. The van der Waals surface area contributed by atoms with Crippen molar-refractivity contribution in [3.63, 3.8) is 0 Å². The molecule has 1 aliphatic heterocycles. The average Bonchev–Trinajstić information content (AvgIpc) is 2.62. The molecule has 1 fully saturated rings. The normalized spacial score (nSPS) is 15.0. The minimum Gasteiger partial charge on any atom is -0.495 e. The standard InChI is InChI=1S/C19H30N4O3/c1-15(2)8-9-20-19(25)21-18(24)14-22-10-12-23(13-11-22)16-6-4-5-7-17(16)26-3/h4-7,15H,8-14H2,1-3H3,(H2,20,21,24,25)/p+1. The lowest BCUT2D eigenvalue weighted by Crippen LogP contribution is -3.16. The predicted octanol–water partition coefficient (Wildman–Crippen LogP) is 0.272. The Morgan fingerprint density at radius 3 is 2.58 bits per heavy atom. The van der Waals surface area contributed by atoms with E-state index >= 15 is 0 Å². The second-order valence-electron chi connectivity index (χ2n) is 7.07. The third-order valence-electron chi connectivity index (χ3n) is 4.57. The number of benzene rings is 1. The third kappa shape index (κ3) is 6.22. The molecule has 0 saturated carbocycles. The van der Waals surface area contributed by atoms with E-state index in [1.165, 1.54) is 4.90 Å². The molecule has 0 radical (unpaired) electrons. The third-order valence-corrected chi connectivity index (χ3v) is 4.57. The first-order valence-electron chi connectivity index (χ1n) is 9.28. The number of piperazine rings is 1. The van der Waals surface area contributed by atoms with Crippen LogP contribution >= 0.6 is 0 Å². The van der Waals surface area contributed by atoms with E-state index in [1.807, 2.05) is 18.2 Å². The summed E-state index contributed by atoms with van der Waals surface area (Å²) in [4.78, 5) is 27.2. The van der Waals surface area contributed by atoms with Crippen molar-refractivity contribution in [1.29, 1.82) is 0 Å². The molecule has 7 heteroatoms. The van der Waals surface area contributed by atoms with E-state index in [9.17, 15) is 9.59 Å². The molecule has 0 bridgehead atoms. The molecule has 7 nitrogen and oxygen atoms in total. The first-order chi connectivity index (χ1) is 12.5. The smallest absolute Gasteiger partial charge is 0.321 e. The predicted molar refractivity (Wildman–Crippen MR) is 102 cm³/mol. The number of anilines is 1. The SMILES string of the molecule is COc1ccccc1N1CC[NH+](CC(=O)NC(=O)NCCC(C)C)CC1. The minimum atomic E-state index is -0.400. The number of para-hydroxylation sites is 2. The first kappa shape index (κ1) is 20.0. The van der Waals surface area contributed by atoms with E-state index in [0.717, 1.165) is 44.0 Å². The molecule has 1 aliphatic rings. The molecule has 0 atom stereocenters. The fraction of sp³-hybridized carbons (Fsp3) is 0.579. The monoisotopic (exact) mass is 363 g/mol. The number of urea groups is 1. The average molecular weight is 363 g/mol. The number of nitrogens with zero attached hydrogens (tertiary/aromatic N) is 1. The number of carbonyl (C=O) groups is 2. The van der Waals surface area contributed by atoms with Crippen molar-refractivity contribution in [2.45, 2.75) is 20.3 Å². The zero-order valence-electron chi connectivity index (χ0n) is 16.0. The number of hydrogen-bond donors (Lipinski definition) is 3. The Balaban J connectivity index is 1.73. The maximum Gasteiger partial charge on any atom is 0.321 e. The Bertz CT molecular complexity index is 598. The van der Waals surface area contributed by atoms with Crippen molar-refractivity contribution in [1.82, 2.24) is 10.6 Å². The van der Waals surface area contributed by atoms with Gasteiger partial charge in [-0.2, -0.15) is 0 Å². The van der Waals surface area contributed by atoms with Crippen LogP contribution in [-0.2, 0) is 4.79 Å². The summed E-state index contributed by atoms with van der Waals surface area (Å²) in [7, 11) is 1.68. The Morgan fingerprint density at radius 1 is 1.23 bits per heavy atom. The number of quaternary nitrogens is 1. The van der Waals surface area contributed by atoms with Gasteiger partial charge in [-0.15, -0.1) is 0 Å². The van der Waals surface area contributed by atoms with Crippen LogP contribution in [0.15, 0.2) is 24.3 Å². The molecule has 0 spiro atoms. The van der Waals surface area contributed by atoms with Gasteiger partial charge in [-0.05, 0) is 24.5 Å². The van der Waals surface area contributed by atoms with Gasteiger partial charge < -0.3 is 19.9 Å². The summed E-state index contributed by atoms with van der Waals surface area (Å²) in [6, 6.07) is 7.57. The van der Waals surface area contributed by atoms with Crippen LogP contribution in [0.3, 0.4) is 0 Å². The topological polar surface area (TPSA) is 75.1 Å². The number of rotatable bonds is 7. The summed E-state index contributed by atoms with van der Waals surface area (Å²) >= 11 is 0. The van der Waals surface area contributed by atoms with Crippen LogP contribution in [0.2, 0.25) is 0 Å². The van der Waals surface area contributed by atoms with Gasteiger partial charge in [0.25, 0.3) is 5.91 Å². The van der Waals surface area contributed by atoms with Gasteiger partial charge in [-0.1, -0.05) is 26.0 Å². The van der Waals surface area contributed by atoms with Crippen LogP contribution in [0.4, 0.5) is 10.5 Å². The van der Waals surface area contributed by atoms with Gasteiger partial charge in [-0.3, -0.25) is 10.1 Å². The Hall–Kier alpha value is -2.28. The first-order valence-corrected chi connectivity index (χ1v) is 9.28. The largest absolute Gasteiger partial charge is 0.495 e. The molecule has 1 aromatic rings. The molecule has 0 unspecified atom stereocenters. The van der Waals surface area contributed by atoms with Crippen molar-refractivity contribution >= 4 is 17.6 Å². The van der Waals surface area contributed by atoms with Gasteiger partial charge in [0.2, 0.25) is 0 Å². The molecule has 1 saturated heterocycles. The zero-order chi connectivity index (χ0) is 18.9. The van der Waals surface area contributed by atoms with E-state index in [1.54, 1.807) is 7.11 Å². The summed E-state index contributed by atoms with van der Waals surface area (Å²) in [5.74, 6) is 1.16. The van der Waals surface area contributed by atoms with Gasteiger partial charge in [0.05, 0.1) is 39.0 Å². The number of methoxy groups -OCH3 is 1. The van der Waals surface area contributed by atoms with Crippen molar-refractivity contribution in [2.75, 3.05) is 51.3 Å². The second-order valence-corrected chi connectivity index (χ2v) is 7.07.